The highest BCUT2D eigenvalue weighted by Gasteiger charge is 2.27. The molecule has 1 fully saturated rings. The third kappa shape index (κ3) is 2.96. The Bertz CT molecular complexity index is 656. The fraction of sp³-hybridized carbons (Fsp3) is 0.375. The van der Waals surface area contributed by atoms with Crippen LogP contribution in [0.3, 0.4) is 0 Å². The van der Waals surface area contributed by atoms with Crippen molar-refractivity contribution in [3.8, 4) is 17.0 Å². The first kappa shape index (κ1) is 13.8. The molecule has 1 aliphatic rings. The van der Waals surface area contributed by atoms with Gasteiger partial charge in [0.1, 0.15) is 23.2 Å². The van der Waals surface area contributed by atoms with Gasteiger partial charge in [-0.3, -0.25) is 0 Å². The zero-order chi connectivity index (χ0) is 14.8. The van der Waals surface area contributed by atoms with Crippen molar-refractivity contribution in [1.82, 2.24) is 9.97 Å². The minimum absolute atomic E-state index is 0.303. The largest absolute Gasteiger partial charge is 0.496 e. The van der Waals surface area contributed by atoms with E-state index >= 15 is 0 Å². The molecule has 1 aromatic heterocycles. The number of halogens is 1. The third-order valence-corrected chi connectivity index (χ3v) is 3.48. The van der Waals surface area contributed by atoms with E-state index in [-0.39, 0.29) is 5.82 Å². The van der Waals surface area contributed by atoms with Gasteiger partial charge >= 0.3 is 0 Å². The molecule has 0 unspecified atom stereocenters. The summed E-state index contributed by atoms with van der Waals surface area (Å²) in [6.45, 7) is 2.79. The zero-order valence-electron chi connectivity index (χ0n) is 12.2. The molecule has 0 radical (unpaired) electrons. The Labute approximate surface area is 123 Å². The Hall–Kier alpha value is -2.17. The van der Waals surface area contributed by atoms with Gasteiger partial charge in [-0.2, -0.15) is 0 Å². The van der Waals surface area contributed by atoms with Crippen molar-refractivity contribution in [1.29, 1.82) is 0 Å². The lowest BCUT2D eigenvalue weighted by Crippen LogP contribution is -2.04. The average Bonchev–Trinajstić information content (AvgIpc) is 3.32. The molecule has 0 aliphatic heterocycles. The number of hydrogen-bond donors (Lipinski definition) is 1. The van der Waals surface area contributed by atoms with E-state index in [1.165, 1.54) is 12.1 Å². The number of methoxy groups -OCH3 is 1. The quantitative estimate of drug-likeness (QED) is 0.912. The smallest absolute Gasteiger partial charge is 0.134 e. The van der Waals surface area contributed by atoms with Crippen molar-refractivity contribution < 1.29 is 9.13 Å². The highest BCUT2D eigenvalue weighted by molar-refractivity contribution is 5.69. The minimum Gasteiger partial charge on any atom is -0.496 e. The van der Waals surface area contributed by atoms with Crippen LogP contribution >= 0.6 is 0 Å². The van der Waals surface area contributed by atoms with Crippen LogP contribution in [0.25, 0.3) is 11.3 Å². The number of rotatable bonds is 5. The van der Waals surface area contributed by atoms with Crippen LogP contribution < -0.4 is 10.1 Å². The van der Waals surface area contributed by atoms with Crippen molar-refractivity contribution in [2.24, 2.45) is 0 Å². The summed E-state index contributed by atoms with van der Waals surface area (Å²) in [4.78, 5) is 9.13. The highest BCUT2D eigenvalue weighted by Crippen LogP contribution is 2.40. The summed E-state index contributed by atoms with van der Waals surface area (Å²) in [5.41, 5.74) is 1.35. The van der Waals surface area contributed by atoms with E-state index in [2.05, 4.69) is 15.3 Å². The number of benzene rings is 1. The van der Waals surface area contributed by atoms with E-state index in [1.54, 1.807) is 13.2 Å². The van der Waals surface area contributed by atoms with Crippen molar-refractivity contribution >= 4 is 5.82 Å². The van der Waals surface area contributed by atoms with Crippen LogP contribution in [-0.2, 0) is 0 Å². The molecule has 0 spiro atoms. The normalized spacial score (nSPS) is 14.0. The number of ether oxygens (including phenoxy) is 1. The predicted molar refractivity (Wildman–Crippen MR) is 80.1 cm³/mol. The van der Waals surface area contributed by atoms with Gasteiger partial charge in [0.25, 0.3) is 0 Å². The van der Waals surface area contributed by atoms with Crippen LogP contribution in [0.5, 0.6) is 5.75 Å². The van der Waals surface area contributed by atoms with Gasteiger partial charge in [-0.15, -0.1) is 0 Å². The van der Waals surface area contributed by atoms with Crippen LogP contribution in [0.15, 0.2) is 24.3 Å². The van der Waals surface area contributed by atoms with E-state index < -0.39 is 0 Å². The first-order valence-corrected chi connectivity index (χ1v) is 7.18. The fourth-order valence-electron chi connectivity index (χ4n) is 2.28. The molecule has 0 bridgehead atoms. The van der Waals surface area contributed by atoms with Gasteiger partial charge < -0.3 is 10.1 Å². The second-order valence-electron chi connectivity index (χ2n) is 5.15. The van der Waals surface area contributed by atoms with Crippen LogP contribution in [0.4, 0.5) is 10.2 Å². The lowest BCUT2D eigenvalue weighted by molar-refractivity contribution is 0.415. The maximum absolute atomic E-state index is 13.6. The van der Waals surface area contributed by atoms with E-state index in [1.807, 2.05) is 13.0 Å². The summed E-state index contributed by atoms with van der Waals surface area (Å²) < 4.78 is 18.9. The van der Waals surface area contributed by atoms with Crippen molar-refractivity contribution in [3.63, 3.8) is 0 Å². The van der Waals surface area contributed by atoms with Crippen molar-refractivity contribution in [2.75, 3.05) is 19.0 Å². The molecular formula is C16H18FN3O. The molecule has 1 saturated carbocycles. The molecule has 5 heteroatoms. The summed E-state index contributed by atoms with van der Waals surface area (Å²) in [5, 5.41) is 3.21. The van der Waals surface area contributed by atoms with Gasteiger partial charge in [0.15, 0.2) is 0 Å². The lowest BCUT2D eigenvalue weighted by Gasteiger charge is -2.11. The van der Waals surface area contributed by atoms with E-state index in [4.69, 9.17) is 4.74 Å². The predicted octanol–water partition coefficient (Wildman–Crippen LogP) is 3.60. The molecule has 0 atom stereocenters. The molecule has 1 aromatic carbocycles. The third-order valence-electron chi connectivity index (χ3n) is 3.48. The summed E-state index contributed by atoms with van der Waals surface area (Å²) in [5.74, 6) is 2.34. The number of anilines is 1. The molecule has 0 saturated heterocycles. The van der Waals surface area contributed by atoms with Crippen molar-refractivity contribution in [3.05, 3.63) is 35.9 Å². The Morgan fingerprint density at radius 1 is 1.29 bits per heavy atom. The fourth-order valence-corrected chi connectivity index (χ4v) is 2.28. The first-order chi connectivity index (χ1) is 10.2. The molecule has 0 amide bonds. The monoisotopic (exact) mass is 287 g/mol. The van der Waals surface area contributed by atoms with Gasteiger partial charge in [-0.1, -0.05) is 0 Å². The Balaban J connectivity index is 2.10. The van der Waals surface area contributed by atoms with Crippen LogP contribution in [-0.4, -0.2) is 23.6 Å². The van der Waals surface area contributed by atoms with E-state index in [9.17, 15) is 4.39 Å². The molecule has 4 nitrogen and oxygen atoms in total. The summed E-state index contributed by atoms with van der Waals surface area (Å²) >= 11 is 0. The molecule has 1 heterocycles. The topological polar surface area (TPSA) is 47.0 Å². The SMILES string of the molecule is CCNc1cc(-c2cc(F)ccc2OC)nc(C2CC2)n1. The number of aromatic nitrogens is 2. The van der Waals surface area contributed by atoms with Crippen molar-refractivity contribution in [2.45, 2.75) is 25.7 Å². The number of hydrogen-bond acceptors (Lipinski definition) is 4. The number of nitrogens with zero attached hydrogens (tertiary/aromatic N) is 2. The Kier molecular flexibility index (Phi) is 3.73. The van der Waals surface area contributed by atoms with Crippen LogP contribution in [0, 0.1) is 5.82 Å². The Morgan fingerprint density at radius 3 is 2.76 bits per heavy atom. The second kappa shape index (κ2) is 5.68. The summed E-state index contributed by atoms with van der Waals surface area (Å²) in [6, 6.07) is 6.30. The highest BCUT2D eigenvalue weighted by atomic mass is 19.1. The van der Waals surface area contributed by atoms with Gasteiger partial charge in [0, 0.05) is 24.1 Å². The maximum Gasteiger partial charge on any atom is 0.134 e. The minimum atomic E-state index is -0.303. The van der Waals surface area contributed by atoms with E-state index in [0.29, 0.717) is 22.9 Å². The molecule has 1 N–H and O–H groups in total. The van der Waals surface area contributed by atoms with Gasteiger partial charge in [-0.25, -0.2) is 14.4 Å². The standard InChI is InChI=1S/C16H18FN3O/c1-3-18-15-9-13(19-16(20-15)10-4-5-10)12-8-11(17)6-7-14(12)21-2/h6-10H,3-5H2,1-2H3,(H,18,19,20). The molecule has 3 rings (SSSR count). The van der Waals surface area contributed by atoms with Gasteiger partial charge in [0.05, 0.1) is 12.8 Å². The van der Waals surface area contributed by atoms with E-state index in [0.717, 1.165) is 31.0 Å². The van der Waals surface area contributed by atoms with Gasteiger partial charge in [0.2, 0.25) is 0 Å². The average molecular weight is 287 g/mol. The number of nitrogens with one attached hydrogen (secondary N) is 1. The maximum atomic E-state index is 13.6. The molecule has 21 heavy (non-hydrogen) atoms. The molecule has 2 aromatic rings. The summed E-state index contributed by atoms with van der Waals surface area (Å²) in [7, 11) is 1.57. The first-order valence-electron chi connectivity index (χ1n) is 7.18. The molecule has 1 aliphatic carbocycles. The molecule has 110 valence electrons. The lowest BCUT2D eigenvalue weighted by atomic mass is 10.1. The zero-order valence-corrected chi connectivity index (χ0v) is 12.2. The second-order valence-corrected chi connectivity index (χ2v) is 5.15. The summed E-state index contributed by atoms with van der Waals surface area (Å²) in [6.07, 6.45) is 2.24. The van der Waals surface area contributed by atoms with Crippen LogP contribution in [0.2, 0.25) is 0 Å². The van der Waals surface area contributed by atoms with Gasteiger partial charge in [-0.05, 0) is 38.0 Å². The molecular weight excluding hydrogens is 269 g/mol. The van der Waals surface area contributed by atoms with Crippen LogP contribution in [0.1, 0.15) is 31.5 Å². The Morgan fingerprint density at radius 2 is 2.10 bits per heavy atom.